The van der Waals surface area contributed by atoms with Gasteiger partial charge in [-0.05, 0) is 57.6 Å². The number of hydrogen-bond donors (Lipinski definition) is 1. The zero-order valence-corrected chi connectivity index (χ0v) is 21.1. The number of rotatable bonds is 6. The Balaban J connectivity index is 2.53. The molecule has 0 radical (unpaired) electrons. The predicted octanol–water partition coefficient (Wildman–Crippen LogP) is 6.47. The Kier molecular flexibility index (Phi) is 7.42. The zero-order valence-electron chi connectivity index (χ0n) is 20.3. The molecule has 0 heterocycles. The van der Waals surface area contributed by atoms with E-state index in [4.69, 9.17) is 0 Å². The van der Waals surface area contributed by atoms with E-state index in [0.29, 0.717) is 5.56 Å². The minimum Gasteiger partial charge on any atom is -0.268 e. The van der Waals surface area contributed by atoms with Gasteiger partial charge in [-0.3, -0.25) is 4.79 Å². The first-order valence-electron chi connectivity index (χ1n) is 11.0. The lowest BCUT2D eigenvalue weighted by Gasteiger charge is -2.23. The number of carbonyl (C=O) groups is 1. The quantitative estimate of drug-likeness (QED) is 0.556. The molecule has 1 N–H and O–H groups in total. The number of hydrogen-bond acceptors (Lipinski definition) is 3. The number of amides is 1. The Morgan fingerprint density at radius 1 is 0.806 bits per heavy atom. The Labute approximate surface area is 188 Å². The van der Waals surface area contributed by atoms with Gasteiger partial charge in [0.15, 0.2) is 0 Å². The van der Waals surface area contributed by atoms with Gasteiger partial charge < -0.3 is 0 Å². The molecule has 31 heavy (non-hydrogen) atoms. The molecule has 1 amide bonds. The molecule has 0 aliphatic carbocycles. The number of benzene rings is 2. The first kappa shape index (κ1) is 25.1. The van der Waals surface area contributed by atoms with Gasteiger partial charge in [-0.1, -0.05) is 86.6 Å². The van der Waals surface area contributed by atoms with Crippen LogP contribution in [0, 0.1) is 0 Å². The van der Waals surface area contributed by atoms with Crippen LogP contribution in [0.4, 0.5) is 0 Å². The van der Waals surface area contributed by atoms with Crippen LogP contribution in [0.25, 0.3) is 0 Å². The SMILES string of the molecule is CC(C)c1cc(C(C)C)c(S(=O)(=O)NC(=O)c2ccc(C(C)(C)C)cc2)c(C(C)C)c1. The van der Waals surface area contributed by atoms with Crippen molar-refractivity contribution in [2.45, 2.75) is 90.4 Å². The fourth-order valence-electron chi connectivity index (χ4n) is 3.55. The molecule has 0 fully saturated rings. The zero-order chi connectivity index (χ0) is 23.7. The van der Waals surface area contributed by atoms with E-state index in [1.54, 1.807) is 12.1 Å². The predicted molar refractivity (Wildman–Crippen MR) is 129 cm³/mol. The first-order valence-corrected chi connectivity index (χ1v) is 12.5. The highest BCUT2D eigenvalue weighted by atomic mass is 32.2. The van der Waals surface area contributed by atoms with E-state index in [-0.39, 0.29) is 28.1 Å². The van der Waals surface area contributed by atoms with Crippen LogP contribution < -0.4 is 4.72 Å². The summed E-state index contributed by atoms with van der Waals surface area (Å²) < 4.78 is 29.2. The highest BCUT2D eigenvalue weighted by Crippen LogP contribution is 2.35. The average Bonchev–Trinajstić information content (AvgIpc) is 2.65. The van der Waals surface area contributed by atoms with Crippen LogP contribution in [-0.4, -0.2) is 14.3 Å². The van der Waals surface area contributed by atoms with Gasteiger partial charge in [-0.2, -0.15) is 0 Å². The molecule has 0 spiro atoms. The molecule has 2 aromatic rings. The summed E-state index contributed by atoms with van der Waals surface area (Å²) in [5.41, 5.74) is 3.97. The van der Waals surface area contributed by atoms with Gasteiger partial charge in [-0.25, -0.2) is 13.1 Å². The fourth-order valence-corrected chi connectivity index (χ4v) is 5.23. The summed E-state index contributed by atoms with van der Waals surface area (Å²) in [4.78, 5) is 13.1. The lowest BCUT2D eigenvalue weighted by Crippen LogP contribution is -2.32. The minimum absolute atomic E-state index is 0.00365. The van der Waals surface area contributed by atoms with Crippen molar-refractivity contribution in [1.82, 2.24) is 4.72 Å². The van der Waals surface area contributed by atoms with Crippen molar-refractivity contribution < 1.29 is 13.2 Å². The Hall–Kier alpha value is -2.14. The third-order valence-electron chi connectivity index (χ3n) is 5.59. The van der Waals surface area contributed by atoms with E-state index < -0.39 is 15.9 Å². The lowest BCUT2D eigenvalue weighted by molar-refractivity contribution is 0.0981. The van der Waals surface area contributed by atoms with Gasteiger partial charge in [0.1, 0.15) is 0 Å². The van der Waals surface area contributed by atoms with E-state index >= 15 is 0 Å². The molecule has 2 rings (SSSR count). The third kappa shape index (κ3) is 5.76. The monoisotopic (exact) mass is 443 g/mol. The number of sulfonamides is 1. The van der Waals surface area contributed by atoms with E-state index in [2.05, 4.69) is 39.3 Å². The van der Waals surface area contributed by atoms with Gasteiger partial charge in [0.05, 0.1) is 4.90 Å². The summed E-state index contributed by atoms with van der Waals surface area (Å²) in [7, 11) is -4.04. The van der Waals surface area contributed by atoms with Crippen LogP contribution in [0.5, 0.6) is 0 Å². The van der Waals surface area contributed by atoms with E-state index in [9.17, 15) is 13.2 Å². The minimum atomic E-state index is -4.04. The highest BCUT2D eigenvalue weighted by Gasteiger charge is 2.29. The second kappa shape index (κ2) is 9.15. The molecule has 0 saturated carbocycles. The molecule has 0 aliphatic rings. The molecule has 0 atom stereocenters. The highest BCUT2D eigenvalue weighted by molar-refractivity contribution is 7.90. The van der Waals surface area contributed by atoms with Gasteiger partial charge in [0.25, 0.3) is 15.9 Å². The van der Waals surface area contributed by atoms with Crippen LogP contribution in [0.1, 0.15) is 113 Å². The Bertz CT molecular complexity index is 1010. The second-order valence-electron chi connectivity index (χ2n) is 10.3. The summed E-state index contributed by atoms with van der Waals surface area (Å²) in [6.07, 6.45) is 0. The summed E-state index contributed by atoms with van der Waals surface area (Å²) >= 11 is 0. The standard InChI is InChI=1S/C26H37NO3S/c1-16(2)20-14-22(17(3)4)24(23(15-20)18(5)6)31(29,30)27-25(28)19-10-12-21(13-11-19)26(7,8)9/h10-18H,1-9H3,(H,27,28). The normalized spacial score (nSPS) is 12.6. The molecule has 0 aliphatic heterocycles. The Morgan fingerprint density at radius 2 is 1.26 bits per heavy atom. The molecule has 4 nitrogen and oxygen atoms in total. The van der Waals surface area contributed by atoms with Crippen LogP contribution in [0.3, 0.4) is 0 Å². The largest absolute Gasteiger partial charge is 0.268 e. The van der Waals surface area contributed by atoms with Crippen LogP contribution >= 0.6 is 0 Å². The van der Waals surface area contributed by atoms with Crippen LogP contribution in [-0.2, 0) is 15.4 Å². The summed E-state index contributed by atoms with van der Waals surface area (Å²) in [5, 5.41) is 0. The maximum atomic E-state index is 13.4. The van der Waals surface area contributed by atoms with Gasteiger partial charge in [0, 0.05) is 5.56 Å². The van der Waals surface area contributed by atoms with Crippen molar-refractivity contribution in [2.75, 3.05) is 0 Å². The summed E-state index contributed by atoms with van der Waals surface area (Å²) in [5.74, 6) is -0.326. The number of nitrogens with one attached hydrogen (secondary N) is 1. The van der Waals surface area contributed by atoms with E-state index in [1.807, 2.05) is 52.0 Å². The Morgan fingerprint density at radius 3 is 1.61 bits per heavy atom. The first-order chi connectivity index (χ1) is 14.1. The molecule has 170 valence electrons. The van der Waals surface area contributed by atoms with Gasteiger partial charge in [-0.15, -0.1) is 0 Å². The molecule has 5 heteroatoms. The van der Waals surface area contributed by atoms with Crippen LogP contribution in [0.15, 0.2) is 41.3 Å². The maximum absolute atomic E-state index is 13.4. The third-order valence-corrected chi connectivity index (χ3v) is 7.05. The van der Waals surface area contributed by atoms with E-state index in [1.165, 1.54) is 0 Å². The van der Waals surface area contributed by atoms with Crippen molar-refractivity contribution in [3.8, 4) is 0 Å². The topological polar surface area (TPSA) is 63.2 Å². The van der Waals surface area contributed by atoms with Crippen molar-refractivity contribution in [3.63, 3.8) is 0 Å². The molecule has 2 aromatic carbocycles. The van der Waals surface area contributed by atoms with E-state index in [0.717, 1.165) is 22.3 Å². The van der Waals surface area contributed by atoms with Crippen molar-refractivity contribution in [1.29, 1.82) is 0 Å². The smallest absolute Gasteiger partial charge is 0.264 e. The van der Waals surface area contributed by atoms with Crippen molar-refractivity contribution >= 4 is 15.9 Å². The average molecular weight is 444 g/mol. The fraction of sp³-hybridized carbons (Fsp3) is 0.500. The lowest BCUT2D eigenvalue weighted by atomic mass is 9.87. The summed E-state index contributed by atoms with van der Waals surface area (Å²) in [6.45, 7) is 18.4. The summed E-state index contributed by atoms with van der Waals surface area (Å²) in [6, 6.07) is 11.0. The molecule has 0 aromatic heterocycles. The number of carbonyl (C=O) groups excluding carboxylic acids is 1. The molecule has 0 saturated heterocycles. The van der Waals surface area contributed by atoms with Gasteiger partial charge in [0.2, 0.25) is 0 Å². The molecule has 0 bridgehead atoms. The van der Waals surface area contributed by atoms with Crippen LogP contribution in [0.2, 0.25) is 0 Å². The maximum Gasteiger partial charge on any atom is 0.264 e. The molecule has 0 unspecified atom stereocenters. The van der Waals surface area contributed by atoms with Gasteiger partial charge >= 0.3 is 0 Å². The molecular weight excluding hydrogens is 406 g/mol. The second-order valence-corrected chi connectivity index (χ2v) is 11.9. The van der Waals surface area contributed by atoms with Crippen molar-refractivity contribution in [2.24, 2.45) is 0 Å². The molecular formula is C26H37NO3S. The van der Waals surface area contributed by atoms with Crippen molar-refractivity contribution in [3.05, 3.63) is 64.2 Å².